The third kappa shape index (κ3) is 2.75. The second kappa shape index (κ2) is 6.37. The third-order valence-electron chi connectivity index (χ3n) is 4.74. The molecule has 0 spiro atoms. The lowest BCUT2D eigenvalue weighted by molar-refractivity contribution is -0.260. The first kappa shape index (κ1) is 16.7. The van der Waals surface area contributed by atoms with E-state index in [9.17, 15) is 15.0 Å². The number of halogens is 1. The topological polar surface area (TPSA) is 79.2 Å². The molecule has 2 N–H and O–H groups in total. The summed E-state index contributed by atoms with van der Waals surface area (Å²) < 4.78 is 11.0. The summed E-state index contributed by atoms with van der Waals surface area (Å²) in [7, 11) is 1.46. The molecular formula is C16H20ClNO5. The predicted octanol–water partition coefficient (Wildman–Crippen LogP) is 1.02. The van der Waals surface area contributed by atoms with Crippen LogP contribution >= 0.6 is 11.6 Å². The SMILES string of the molecule is CO[C@@H]1OC(CO)[C@@H](C)C(O)C1N1Cc2ccc(Cl)cc2C1=O. The van der Waals surface area contributed by atoms with Gasteiger partial charge in [0.15, 0.2) is 6.29 Å². The van der Waals surface area contributed by atoms with Gasteiger partial charge in [-0.15, -0.1) is 0 Å². The van der Waals surface area contributed by atoms with E-state index < -0.39 is 24.5 Å². The molecule has 0 bridgehead atoms. The van der Waals surface area contributed by atoms with Gasteiger partial charge in [0, 0.05) is 30.2 Å². The summed E-state index contributed by atoms with van der Waals surface area (Å²) in [5.74, 6) is -0.525. The molecule has 3 rings (SSSR count). The number of hydrogen-bond donors (Lipinski definition) is 2. The highest BCUT2D eigenvalue weighted by molar-refractivity contribution is 6.31. The van der Waals surface area contributed by atoms with Gasteiger partial charge in [-0.1, -0.05) is 24.6 Å². The maximum Gasteiger partial charge on any atom is 0.255 e. The Balaban J connectivity index is 1.90. The summed E-state index contributed by atoms with van der Waals surface area (Å²) in [4.78, 5) is 14.3. The van der Waals surface area contributed by atoms with Crippen LogP contribution in [0.4, 0.5) is 0 Å². The van der Waals surface area contributed by atoms with Crippen molar-refractivity contribution in [1.29, 1.82) is 0 Å². The maximum absolute atomic E-state index is 12.7. The van der Waals surface area contributed by atoms with Crippen LogP contribution in [-0.4, -0.2) is 59.3 Å². The van der Waals surface area contributed by atoms with E-state index >= 15 is 0 Å². The summed E-state index contributed by atoms with van der Waals surface area (Å²) in [5.41, 5.74) is 1.40. The molecule has 1 aromatic rings. The fraction of sp³-hybridized carbons (Fsp3) is 0.562. The van der Waals surface area contributed by atoms with Crippen molar-refractivity contribution in [2.45, 2.75) is 38.0 Å². The van der Waals surface area contributed by atoms with Crippen molar-refractivity contribution in [1.82, 2.24) is 4.90 Å². The summed E-state index contributed by atoms with van der Waals surface area (Å²) >= 11 is 5.97. The Morgan fingerprint density at radius 1 is 1.48 bits per heavy atom. The second-order valence-electron chi connectivity index (χ2n) is 6.04. The van der Waals surface area contributed by atoms with Crippen LogP contribution in [0.5, 0.6) is 0 Å². The summed E-state index contributed by atoms with van der Waals surface area (Å²) in [6.07, 6.45) is -2.19. The second-order valence-corrected chi connectivity index (χ2v) is 6.47. The molecule has 3 unspecified atom stereocenters. The Morgan fingerprint density at radius 2 is 2.22 bits per heavy atom. The van der Waals surface area contributed by atoms with E-state index in [2.05, 4.69) is 0 Å². The Kier molecular flexibility index (Phi) is 4.62. The Labute approximate surface area is 139 Å². The van der Waals surface area contributed by atoms with Crippen LogP contribution < -0.4 is 0 Å². The zero-order valence-electron chi connectivity index (χ0n) is 13.0. The van der Waals surface area contributed by atoms with Crippen LogP contribution in [0.1, 0.15) is 22.8 Å². The minimum Gasteiger partial charge on any atom is -0.394 e. The van der Waals surface area contributed by atoms with Gasteiger partial charge in [-0.2, -0.15) is 0 Å². The van der Waals surface area contributed by atoms with Crippen LogP contribution in [0.3, 0.4) is 0 Å². The minimum atomic E-state index is -0.861. The number of carbonyl (C=O) groups is 1. The number of aliphatic hydroxyl groups excluding tert-OH is 2. The van der Waals surface area contributed by atoms with Gasteiger partial charge in [-0.3, -0.25) is 4.79 Å². The molecule has 6 nitrogen and oxygen atoms in total. The van der Waals surface area contributed by atoms with Crippen LogP contribution in [0.25, 0.3) is 0 Å². The van der Waals surface area contributed by atoms with E-state index in [4.69, 9.17) is 21.1 Å². The fourth-order valence-corrected chi connectivity index (χ4v) is 3.51. The first-order valence-corrected chi connectivity index (χ1v) is 7.92. The van der Waals surface area contributed by atoms with Crippen LogP contribution in [0.2, 0.25) is 5.02 Å². The highest BCUT2D eigenvalue weighted by atomic mass is 35.5. The van der Waals surface area contributed by atoms with Crippen molar-refractivity contribution in [3.63, 3.8) is 0 Å². The molecule has 0 radical (unpaired) electrons. The Hall–Kier alpha value is -1.18. The summed E-state index contributed by atoms with van der Waals surface area (Å²) in [5, 5.41) is 20.5. The quantitative estimate of drug-likeness (QED) is 0.858. The minimum absolute atomic E-state index is 0.202. The van der Waals surface area contributed by atoms with E-state index in [0.29, 0.717) is 17.1 Å². The molecule has 0 saturated carbocycles. The van der Waals surface area contributed by atoms with Crippen molar-refractivity contribution < 1.29 is 24.5 Å². The first-order valence-electron chi connectivity index (χ1n) is 7.54. The van der Waals surface area contributed by atoms with Gasteiger partial charge >= 0.3 is 0 Å². The van der Waals surface area contributed by atoms with Gasteiger partial charge < -0.3 is 24.6 Å². The van der Waals surface area contributed by atoms with Crippen molar-refractivity contribution in [2.24, 2.45) is 5.92 Å². The van der Waals surface area contributed by atoms with Crippen LogP contribution in [0, 0.1) is 5.92 Å². The highest BCUT2D eigenvalue weighted by Crippen LogP contribution is 2.35. The van der Waals surface area contributed by atoms with Gasteiger partial charge in [-0.05, 0) is 17.7 Å². The van der Waals surface area contributed by atoms with E-state index in [1.165, 1.54) is 7.11 Å². The van der Waals surface area contributed by atoms with E-state index in [1.54, 1.807) is 24.0 Å². The average molecular weight is 342 g/mol. The molecule has 5 atom stereocenters. The third-order valence-corrected chi connectivity index (χ3v) is 4.97. The first-order chi connectivity index (χ1) is 11.0. The van der Waals surface area contributed by atoms with Crippen molar-refractivity contribution >= 4 is 17.5 Å². The number of hydrogen-bond acceptors (Lipinski definition) is 5. The molecule has 23 heavy (non-hydrogen) atoms. The van der Waals surface area contributed by atoms with E-state index in [1.807, 2.05) is 6.07 Å². The highest BCUT2D eigenvalue weighted by Gasteiger charge is 2.49. The average Bonchev–Trinajstić information content (AvgIpc) is 2.86. The smallest absolute Gasteiger partial charge is 0.255 e. The van der Waals surface area contributed by atoms with Crippen LogP contribution in [0.15, 0.2) is 18.2 Å². The molecule has 0 aromatic heterocycles. The number of amides is 1. The summed E-state index contributed by atoms with van der Waals surface area (Å²) in [6.45, 7) is 1.94. The Bertz CT molecular complexity index is 608. The lowest BCUT2D eigenvalue weighted by Crippen LogP contribution is -2.61. The number of aliphatic hydroxyl groups is 2. The van der Waals surface area contributed by atoms with Gasteiger partial charge in [0.05, 0.1) is 18.8 Å². The molecule has 7 heteroatoms. The van der Waals surface area contributed by atoms with Gasteiger partial charge in [0.2, 0.25) is 0 Å². The number of nitrogens with zero attached hydrogens (tertiary/aromatic N) is 1. The number of ether oxygens (including phenoxy) is 2. The normalized spacial score (nSPS) is 33.9. The van der Waals surface area contributed by atoms with Gasteiger partial charge in [0.1, 0.15) is 6.04 Å². The van der Waals surface area contributed by atoms with Crippen LogP contribution in [-0.2, 0) is 16.0 Å². The van der Waals surface area contributed by atoms with Gasteiger partial charge in [0.25, 0.3) is 5.91 Å². The number of rotatable bonds is 3. The largest absolute Gasteiger partial charge is 0.394 e. The number of benzene rings is 1. The van der Waals surface area contributed by atoms with Crippen molar-refractivity contribution in [2.75, 3.05) is 13.7 Å². The molecule has 2 aliphatic rings. The lowest BCUT2D eigenvalue weighted by atomic mass is 9.88. The number of methoxy groups -OCH3 is 1. The van der Waals surface area contributed by atoms with Crippen molar-refractivity contribution in [3.05, 3.63) is 34.3 Å². The number of fused-ring (bicyclic) bond motifs is 1. The van der Waals surface area contributed by atoms with E-state index in [-0.39, 0.29) is 18.4 Å². The monoisotopic (exact) mass is 341 g/mol. The van der Waals surface area contributed by atoms with E-state index in [0.717, 1.165) is 5.56 Å². The lowest BCUT2D eigenvalue weighted by Gasteiger charge is -2.46. The number of carbonyl (C=O) groups excluding carboxylic acids is 1. The van der Waals surface area contributed by atoms with Crippen molar-refractivity contribution in [3.8, 4) is 0 Å². The molecule has 1 saturated heterocycles. The molecule has 126 valence electrons. The molecule has 2 heterocycles. The Morgan fingerprint density at radius 3 is 2.87 bits per heavy atom. The molecule has 1 aromatic carbocycles. The predicted molar refractivity (Wildman–Crippen MR) is 83.0 cm³/mol. The molecule has 1 amide bonds. The molecule has 2 aliphatic heterocycles. The molecular weight excluding hydrogens is 322 g/mol. The maximum atomic E-state index is 12.7. The zero-order valence-corrected chi connectivity index (χ0v) is 13.7. The summed E-state index contributed by atoms with van der Waals surface area (Å²) in [6, 6.07) is 4.55. The zero-order chi connectivity index (χ0) is 16.7. The molecule has 0 aliphatic carbocycles. The molecule has 1 fully saturated rings. The standard InChI is InChI=1S/C16H20ClNO5/c1-8-12(7-19)23-16(22-2)13(14(8)20)18-6-9-3-4-10(17)5-11(9)15(18)21/h3-5,8,12-14,16,19-20H,6-7H2,1-2H3/t8-,12?,13?,14?,16-/m1/s1. The van der Waals surface area contributed by atoms with Gasteiger partial charge in [-0.25, -0.2) is 0 Å². The fourth-order valence-electron chi connectivity index (χ4n) is 3.34.